The highest BCUT2D eigenvalue weighted by molar-refractivity contribution is 8.00. The summed E-state index contributed by atoms with van der Waals surface area (Å²) in [6.45, 7) is 0. The zero-order valence-electron chi connectivity index (χ0n) is 12.1. The number of carbonyl (C=O) groups excluding carboxylic acids is 1. The highest BCUT2D eigenvalue weighted by Crippen LogP contribution is 2.41. The van der Waals surface area contributed by atoms with Crippen LogP contribution in [0.1, 0.15) is 29.7 Å². The Morgan fingerprint density at radius 2 is 2.05 bits per heavy atom. The first-order chi connectivity index (χ1) is 10.2. The van der Waals surface area contributed by atoms with E-state index in [-0.39, 0.29) is 11.2 Å². The molecule has 1 atom stereocenters. The van der Waals surface area contributed by atoms with Crippen molar-refractivity contribution in [3.63, 3.8) is 0 Å². The number of rotatable bonds is 5. The lowest BCUT2D eigenvalue weighted by molar-refractivity contribution is -0.128. The van der Waals surface area contributed by atoms with Crippen LogP contribution in [0.3, 0.4) is 0 Å². The normalized spacial score (nSPS) is 15.7. The lowest BCUT2D eigenvalue weighted by atomic mass is 10.1. The van der Waals surface area contributed by atoms with E-state index in [4.69, 9.17) is 0 Å². The van der Waals surface area contributed by atoms with Gasteiger partial charge in [-0.3, -0.25) is 4.79 Å². The molecule has 21 heavy (non-hydrogen) atoms. The predicted octanol–water partition coefficient (Wildman–Crippen LogP) is 2.53. The molecule has 1 amide bonds. The summed E-state index contributed by atoms with van der Waals surface area (Å²) in [4.78, 5) is 14.1. The number of hydrogen-bond donors (Lipinski definition) is 0. The molecular formula is C15H18N4OS. The number of amides is 1. The van der Waals surface area contributed by atoms with E-state index in [1.807, 2.05) is 30.3 Å². The average Bonchev–Trinajstić information content (AvgIpc) is 3.24. The van der Waals surface area contributed by atoms with Crippen LogP contribution in [0.5, 0.6) is 0 Å². The summed E-state index contributed by atoms with van der Waals surface area (Å²) in [5.74, 6) is 0.0662. The first kappa shape index (κ1) is 14.1. The van der Waals surface area contributed by atoms with Gasteiger partial charge in [-0.25, -0.2) is 0 Å². The van der Waals surface area contributed by atoms with Crippen molar-refractivity contribution < 1.29 is 4.79 Å². The lowest BCUT2D eigenvalue weighted by Crippen LogP contribution is -2.27. The maximum atomic E-state index is 12.5. The van der Waals surface area contributed by atoms with Crippen molar-refractivity contribution in [2.75, 3.05) is 14.1 Å². The first-order valence-corrected chi connectivity index (χ1v) is 7.87. The zero-order valence-corrected chi connectivity index (χ0v) is 13.0. The van der Waals surface area contributed by atoms with Gasteiger partial charge in [-0.05, 0) is 18.4 Å². The van der Waals surface area contributed by atoms with Crippen molar-refractivity contribution >= 4 is 17.7 Å². The van der Waals surface area contributed by atoms with Gasteiger partial charge in [-0.1, -0.05) is 42.1 Å². The fraction of sp³-hybridized carbons (Fsp3) is 0.400. The van der Waals surface area contributed by atoms with Crippen LogP contribution in [0.2, 0.25) is 0 Å². The molecule has 0 saturated heterocycles. The van der Waals surface area contributed by atoms with E-state index in [0.29, 0.717) is 6.04 Å². The summed E-state index contributed by atoms with van der Waals surface area (Å²) in [6.07, 6.45) is 4.11. The van der Waals surface area contributed by atoms with Gasteiger partial charge < -0.3 is 9.47 Å². The van der Waals surface area contributed by atoms with Crippen molar-refractivity contribution in [1.29, 1.82) is 0 Å². The predicted molar refractivity (Wildman–Crippen MR) is 82.0 cm³/mol. The molecule has 0 N–H and O–H groups in total. The first-order valence-electron chi connectivity index (χ1n) is 6.99. The maximum absolute atomic E-state index is 12.5. The van der Waals surface area contributed by atoms with Gasteiger partial charge in [0.2, 0.25) is 5.91 Å². The van der Waals surface area contributed by atoms with Crippen LogP contribution >= 0.6 is 11.8 Å². The molecular weight excluding hydrogens is 284 g/mol. The van der Waals surface area contributed by atoms with E-state index < -0.39 is 0 Å². The van der Waals surface area contributed by atoms with Crippen molar-refractivity contribution in [2.45, 2.75) is 29.3 Å². The second-order valence-corrected chi connectivity index (χ2v) is 6.47. The minimum Gasteiger partial charge on any atom is -0.348 e. The minimum atomic E-state index is -0.289. The summed E-state index contributed by atoms with van der Waals surface area (Å²) in [6, 6.07) is 10.3. The number of benzene rings is 1. The van der Waals surface area contributed by atoms with Crippen LogP contribution < -0.4 is 0 Å². The summed E-state index contributed by atoms with van der Waals surface area (Å²) in [5, 5.41) is 8.72. The quantitative estimate of drug-likeness (QED) is 0.796. The molecule has 0 radical (unpaired) electrons. The third kappa shape index (κ3) is 3.10. The van der Waals surface area contributed by atoms with Crippen molar-refractivity contribution in [2.24, 2.45) is 0 Å². The molecule has 0 spiro atoms. The van der Waals surface area contributed by atoms with Crippen LogP contribution in [-0.4, -0.2) is 39.7 Å². The molecule has 1 aromatic carbocycles. The standard InChI is InChI=1S/C15H18N4OS/c1-18(2)14(20)13(11-6-4-3-5-7-11)21-15-17-16-10-19(15)12-8-9-12/h3-7,10,12-13H,8-9H2,1-2H3. The fourth-order valence-electron chi connectivity index (χ4n) is 2.15. The van der Waals surface area contributed by atoms with Crippen LogP contribution in [0.15, 0.2) is 41.8 Å². The second-order valence-electron chi connectivity index (χ2n) is 5.39. The summed E-state index contributed by atoms with van der Waals surface area (Å²) in [7, 11) is 3.56. The third-order valence-corrected chi connectivity index (χ3v) is 4.68. The maximum Gasteiger partial charge on any atom is 0.240 e. The Labute approximate surface area is 128 Å². The number of likely N-dealkylation sites (N-methyl/N-ethyl adjacent to an activating group) is 1. The Morgan fingerprint density at radius 1 is 1.33 bits per heavy atom. The number of thioether (sulfide) groups is 1. The Hall–Kier alpha value is -1.82. The van der Waals surface area contributed by atoms with E-state index in [0.717, 1.165) is 10.7 Å². The number of hydrogen-bond acceptors (Lipinski definition) is 4. The Morgan fingerprint density at radius 3 is 2.67 bits per heavy atom. The second kappa shape index (κ2) is 5.89. The van der Waals surface area contributed by atoms with Gasteiger partial charge in [0, 0.05) is 20.1 Å². The number of aromatic nitrogens is 3. The molecule has 2 aromatic rings. The highest BCUT2D eigenvalue weighted by Gasteiger charge is 2.30. The Bertz CT molecular complexity index is 622. The number of carbonyl (C=O) groups is 1. The Balaban J connectivity index is 1.88. The number of nitrogens with zero attached hydrogens (tertiary/aromatic N) is 4. The molecule has 6 heteroatoms. The largest absolute Gasteiger partial charge is 0.348 e. The minimum absolute atomic E-state index is 0.0662. The molecule has 1 aromatic heterocycles. The van der Waals surface area contributed by atoms with Crippen LogP contribution in [-0.2, 0) is 4.79 Å². The molecule has 1 aliphatic carbocycles. The van der Waals surface area contributed by atoms with Crippen LogP contribution in [0.4, 0.5) is 0 Å². The topological polar surface area (TPSA) is 51.0 Å². The zero-order chi connectivity index (χ0) is 14.8. The van der Waals surface area contributed by atoms with Gasteiger partial charge in [0.25, 0.3) is 0 Å². The highest BCUT2D eigenvalue weighted by atomic mass is 32.2. The van der Waals surface area contributed by atoms with Gasteiger partial charge in [-0.15, -0.1) is 10.2 Å². The van der Waals surface area contributed by atoms with E-state index in [2.05, 4.69) is 14.8 Å². The molecule has 1 saturated carbocycles. The molecule has 1 unspecified atom stereocenters. The summed E-state index contributed by atoms with van der Waals surface area (Å²) < 4.78 is 2.09. The smallest absolute Gasteiger partial charge is 0.240 e. The van der Waals surface area contributed by atoms with Crippen LogP contribution in [0.25, 0.3) is 0 Å². The van der Waals surface area contributed by atoms with Gasteiger partial charge in [0.15, 0.2) is 5.16 Å². The van der Waals surface area contributed by atoms with Gasteiger partial charge in [-0.2, -0.15) is 0 Å². The molecule has 110 valence electrons. The fourth-order valence-corrected chi connectivity index (χ4v) is 3.38. The molecule has 5 nitrogen and oxygen atoms in total. The molecule has 1 heterocycles. The summed E-state index contributed by atoms with van der Waals surface area (Å²) >= 11 is 1.48. The van der Waals surface area contributed by atoms with E-state index in [9.17, 15) is 4.79 Å². The molecule has 0 aliphatic heterocycles. The molecule has 1 fully saturated rings. The molecule has 3 rings (SSSR count). The van der Waals surface area contributed by atoms with Crippen LogP contribution in [0, 0.1) is 0 Å². The molecule has 0 bridgehead atoms. The monoisotopic (exact) mass is 302 g/mol. The molecule has 1 aliphatic rings. The average molecular weight is 302 g/mol. The van der Waals surface area contributed by atoms with Gasteiger partial charge in [0.05, 0.1) is 0 Å². The SMILES string of the molecule is CN(C)C(=O)C(Sc1nncn1C1CC1)c1ccccc1. The van der Waals surface area contributed by atoms with Crippen molar-refractivity contribution in [3.05, 3.63) is 42.2 Å². The van der Waals surface area contributed by atoms with E-state index >= 15 is 0 Å². The van der Waals surface area contributed by atoms with Gasteiger partial charge >= 0.3 is 0 Å². The van der Waals surface area contributed by atoms with Gasteiger partial charge in [0.1, 0.15) is 11.6 Å². The third-order valence-electron chi connectivity index (χ3n) is 3.47. The van der Waals surface area contributed by atoms with Crippen molar-refractivity contribution in [3.8, 4) is 0 Å². The van der Waals surface area contributed by atoms with E-state index in [1.165, 1.54) is 24.6 Å². The van der Waals surface area contributed by atoms with Crippen molar-refractivity contribution in [1.82, 2.24) is 19.7 Å². The summed E-state index contributed by atoms with van der Waals surface area (Å²) in [5.41, 5.74) is 0.992. The lowest BCUT2D eigenvalue weighted by Gasteiger charge is -2.20. The van der Waals surface area contributed by atoms with E-state index in [1.54, 1.807) is 25.3 Å². The Kier molecular flexibility index (Phi) is 3.96.